The zero-order valence-electron chi connectivity index (χ0n) is 9.65. The number of aryl methyl sites for hydroxylation is 1. The summed E-state index contributed by atoms with van der Waals surface area (Å²) in [6.07, 6.45) is 1.47. The van der Waals surface area contributed by atoms with Crippen LogP contribution in [0.4, 0.5) is 8.78 Å². The van der Waals surface area contributed by atoms with Gasteiger partial charge in [0.05, 0.1) is 0 Å². The number of rotatable bonds is 3. The normalized spacial score (nSPS) is 10.4. The molecule has 0 radical (unpaired) electrons. The molecule has 0 aliphatic heterocycles. The van der Waals surface area contributed by atoms with Gasteiger partial charge in [-0.3, -0.25) is 4.79 Å². The van der Waals surface area contributed by atoms with Crippen molar-refractivity contribution in [1.29, 1.82) is 0 Å². The third-order valence-electron chi connectivity index (χ3n) is 2.41. The van der Waals surface area contributed by atoms with E-state index in [9.17, 15) is 13.6 Å². The summed E-state index contributed by atoms with van der Waals surface area (Å²) in [5, 5.41) is 0. The molecule has 0 spiro atoms. The number of aromatic nitrogens is 2. The molecule has 3 nitrogen and oxygen atoms in total. The Labute approximate surface area is 103 Å². The van der Waals surface area contributed by atoms with Crippen LogP contribution in [0.25, 0.3) is 0 Å². The Balaban J connectivity index is 2.18. The third-order valence-corrected chi connectivity index (χ3v) is 2.41. The highest BCUT2D eigenvalue weighted by atomic mass is 19.2. The zero-order chi connectivity index (χ0) is 13.1. The van der Waals surface area contributed by atoms with Gasteiger partial charge in [-0.15, -0.1) is 0 Å². The van der Waals surface area contributed by atoms with Crippen molar-refractivity contribution >= 4 is 5.78 Å². The number of nitrogens with zero attached hydrogens (tertiary/aromatic N) is 2. The van der Waals surface area contributed by atoms with Crippen molar-refractivity contribution in [3.63, 3.8) is 0 Å². The van der Waals surface area contributed by atoms with Crippen LogP contribution in [0.3, 0.4) is 0 Å². The molecule has 0 unspecified atom stereocenters. The Bertz CT molecular complexity index is 599. The van der Waals surface area contributed by atoms with Gasteiger partial charge in [0, 0.05) is 12.6 Å². The molecule has 0 atom stereocenters. The number of halogens is 2. The standard InChI is InChI=1S/C13H10F2N2O/c1-8-16-5-4-12(17-8)13(18)7-9-2-3-10(14)11(15)6-9/h2-6H,7H2,1H3. The van der Waals surface area contributed by atoms with E-state index in [4.69, 9.17) is 0 Å². The quantitative estimate of drug-likeness (QED) is 0.784. The predicted molar refractivity (Wildman–Crippen MR) is 61.2 cm³/mol. The molecule has 0 saturated heterocycles. The molecule has 0 bridgehead atoms. The molecule has 92 valence electrons. The summed E-state index contributed by atoms with van der Waals surface area (Å²) in [6.45, 7) is 1.67. The van der Waals surface area contributed by atoms with Crippen molar-refractivity contribution < 1.29 is 13.6 Å². The van der Waals surface area contributed by atoms with E-state index in [0.717, 1.165) is 12.1 Å². The second-order valence-electron chi connectivity index (χ2n) is 3.84. The van der Waals surface area contributed by atoms with Crippen LogP contribution in [0.15, 0.2) is 30.5 Å². The minimum absolute atomic E-state index is 0.0202. The average molecular weight is 248 g/mol. The van der Waals surface area contributed by atoms with Crippen LogP contribution in [0.2, 0.25) is 0 Å². The van der Waals surface area contributed by atoms with Crippen molar-refractivity contribution in [1.82, 2.24) is 9.97 Å². The Morgan fingerprint density at radius 2 is 2.00 bits per heavy atom. The maximum atomic E-state index is 13.0. The van der Waals surface area contributed by atoms with Gasteiger partial charge in [-0.05, 0) is 30.7 Å². The fourth-order valence-electron chi connectivity index (χ4n) is 1.54. The summed E-state index contributed by atoms with van der Waals surface area (Å²) >= 11 is 0. The lowest BCUT2D eigenvalue weighted by Crippen LogP contribution is -2.07. The minimum atomic E-state index is -0.959. The average Bonchev–Trinajstić information content (AvgIpc) is 2.34. The van der Waals surface area contributed by atoms with E-state index < -0.39 is 11.6 Å². The number of benzene rings is 1. The first-order valence-electron chi connectivity index (χ1n) is 5.33. The summed E-state index contributed by atoms with van der Waals surface area (Å²) in [5.41, 5.74) is 0.683. The van der Waals surface area contributed by atoms with E-state index in [0.29, 0.717) is 11.4 Å². The smallest absolute Gasteiger partial charge is 0.185 e. The van der Waals surface area contributed by atoms with E-state index in [1.54, 1.807) is 6.92 Å². The highest BCUT2D eigenvalue weighted by molar-refractivity contribution is 5.95. The van der Waals surface area contributed by atoms with E-state index >= 15 is 0 Å². The van der Waals surface area contributed by atoms with Gasteiger partial charge in [0.1, 0.15) is 11.5 Å². The number of carbonyl (C=O) groups excluding carboxylic acids is 1. The first kappa shape index (κ1) is 12.3. The highest BCUT2D eigenvalue weighted by Crippen LogP contribution is 2.11. The van der Waals surface area contributed by atoms with E-state index in [1.807, 2.05) is 0 Å². The fourth-order valence-corrected chi connectivity index (χ4v) is 1.54. The fraction of sp³-hybridized carbons (Fsp3) is 0.154. The molecular formula is C13H10F2N2O. The van der Waals surface area contributed by atoms with Crippen molar-refractivity contribution in [2.24, 2.45) is 0 Å². The Hall–Kier alpha value is -2.17. The van der Waals surface area contributed by atoms with E-state index in [1.165, 1.54) is 18.3 Å². The molecule has 0 aliphatic rings. The van der Waals surface area contributed by atoms with Crippen LogP contribution >= 0.6 is 0 Å². The van der Waals surface area contributed by atoms with Gasteiger partial charge >= 0.3 is 0 Å². The van der Waals surface area contributed by atoms with Gasteiger partial charge in [-0.25, -0.2) is 18.7 Å². The lowest BCUT2D eigenvalue weighted by molar-refractivity contribution is 0.0987. The van der Waals surface area contributed by atoms with Crippen LogP contribution in [-0.4, -0.2) is 15.8 Å². The largest absolute Gasteiger partial charge is 0.292 e. The molecule has 0 N–H and O–H groups in total. The molecule has 0 fully saturated rings. The molecular weight excluding hydrogens is 238 g/mol. The lowest BCUT2D eigenvalue weighted by atomic mass is 10.1. The zero-order valence-corrected chi connectivity index (χ0v) is 9.65. The summed E-state index contributed by atoms with van der Waals surface area (Å²) in [5.74, 6) is -1.65. The topological polar surface area (TPSA) is 42.9 Å². The molecule has 5 heteroatoms. The molecule has 0 saturated carbocycles. The van der Waals surface area contributed by atoms with Gasteiger partial charge in [0.25, 0.3) is 0 Å². The number of Topliss-reactive ketones (excluding diaryl/α,β-unsaturated/α-hetero) is 1. The van der Waals surface area contributed by atoms with Crippen LogP contribution in [0, 0.1) is 18.6 Å². The summed E-state index contributed by atoms with van der Waals surface area (Å²) in [7, 11) is 0. The molecule has 2 aromatic rings. The highest BCUT2D eigenvalue weighted by Gasteiger charge is 2.10. The van der Waals surface area contributed by atoms with E-state index in [-0.39, 0.29) is 17.9 Å². The maximum Gasteiger partial charge on any atom is 0.185 e. The number of hydrogen-bond acceptors (Lipinski definition) is 3. The summed E-state index contributed by atoms with van der Waals surface area (Å²) in [4.78, 5) is 19.7. The first-order valence-corrected chi connectivity index (χ1v) is 5.33. The third kappa shape index (κ3) is 2.74. The second kappa shape index (κ2) is 5.00. The van der Waals surface area contributed by atoms with Crippen LogP contribution in [0.5, 0.6) is 0 Å². The van der Waals surface area contributed by atoms with Crippen molar-refractivity contribution in [2.75, 3.05) is 0 Å². The lowest BCUT2D eigenvalue weighted by Gasteiger charge is -2.02. The molecule has 18 heavy (non-hydrogen) atoms. The molecule has 2 rings (SSSR count). The van der Waals surface area contributed by atoms with Crippen molar-refractivity contribution in [2.45, 2.75) is 13.3 Å². The Kier molecular flexibility index (Phi) is 3.41. The summed E-state index contributed by atoms with van der Waals surface area (Å²) in [6, 6.07) is 4.89. The Morgan fingerprint density at radius 1 is 1.22 bits per heavy atom. The van der Waals surface area contributed by atoms with Crippen molar-refractivity contribution in [3.05, 3.63) is 59.2 Å². The molecule has 0 amide bonds. The van der Waals surface area contributed by atoms with Gasteiger partial charge in [-0.2, -0.15) is 0 Å². The number of ketones is 1. The van der Waals surface area contributed by atoms with E-state index in [2.05, 4.69) is 9.97 Å². The first-order chi connectivity index (χ1) is 8.56. The minimum Gasteiger partial charge on any atom is -0.292 e. The Morgan fingerprint density at radius 3 is 2.67 bits per heavy atom. The molecule has 1 heterocycles. The van der Waals surface area contributed by atoms with Gasteiger partial charge < -0.3 is 0 Å². The predicted octanol–water partition coefficient (Wildman–Crippen LogP) is 2.49. The number of hydrogen-bond donors (Lipinski definition) is 0. The molecule has 0 aliphatic carbocycles. The van der Waals surface area contributed by atoms with Crippen LogP contribution in [-0.2, 0) is 6.42 Å². The van der Waals surface area contributed by atoms with Crippen LogP contribution < -0.4 is 0 Å². The second-order valence-corrected chi connectivity index (χ2v) is 3.84. The van der Waals surface area contributed by atoms with Gasteiger partial charge in [0.2, 0.25) is 0 Å². The van der Waals surface area contributed by atoms with Gasteiger partial charge in [0.15, 0.2) is 17.4 Å². The van der Waals surface area contributed by atoms with Crippen LogP contribution in [0.1, 0.15) is 21.9 Å². The van der Waals surface area contributed by atoms with Crippen molar-refractivity contribution in [3.8, 4) is 0 Å². The molecule has 1 aromatic heterocycles. The SMILES string of the molecule is Cc1nccc(C(=O)Cc2ccc(F)c(F)c2)n1. The number of carbonyl (C=O) groups is 1. The molecule has 1 aromatic carbocycles. The monoisotopic (exact) mass is 248 g/mol. The van der Waals surface area contributed by atoms with Gasteiger partial charge in [-0.1, -0.05) is 6.07 Å². The summed E-state index contributed by atoms with van der Waals surface area (Å²) < 4.78 is 25.7. The maximum absolute atomic E-state index is 13.0.